The number of rotatable bonds is 4. The third-order valence-electron chi connectivity index (χ3n) is 3.66. The van der Waals surface area contributed by atoms with Crippen LogP contribution in [-0.4, -0.2) is 27.0 Å². The first kappa shape index (κ1) is 19.9. The van der Waals surface area contributed by atoms with E-state index in [0.717, 1.165) is 15.8 Å². The lowest BCUT2D eigenvalue weighted by molar-refractivity contribution is 0.0635. The SMILES string of the molecule is CC(C)(C)OC(=O)Nc1cccc(C(=O)NCc2cn3cc(Br)ccc3n2)c1. The van der Waals surface area contributed by atoms with E-state index in [-0.39, 0.29) is 5.91 Å². The third kappa shape index (κ3) is 5.32. The number of hydrogen-bond donors (Lipinski definition) is 2. The van der Waals surface area contributed by atoms with Crippen LogP contribution >= 0.6 is 15.9 Å². The second-order valence-electron chi connectivity index (χ2n) is 7.24. The minimum Gasteiger partial charge on any atom is -0.444 e. The molecular weight excluding hydrogens is 424 g/mol. The van der Waals surface area contributed by atoms with Crippen LogP contribution in [0.5, 0.6) is 0 Å². The van der Waals surface area contributed by atoms with Crippen LogP contribution in [0.25, 0.3) is 5.65 Å². The Morgan fingerprint density at radius 1 is 1.18 bits per heavy atom. The van der Waals surface area contributed by atoms with Gasteiger partial charge in [0.2, 0.25) is 0 Å². The van der Waals surface area contributed by atoms with Gasteiger partial charge in [0, 0.05) is 28.1 Å². The van der Waals surface area contributed by atoms with Gasteiger partial charge in [0.05, 0.1) is 12.2 Å². The summed E-state index contributed by atoms with van der Waals surface area (Å²) in [5.74, 6) is -0.258. The molecule has 0 spiro atoms. The molecule has 0 atom stereocenters. The van der Waals surface area contributed by atoms with Crippen molar-refractivity contribution in [3.05, 3.63) is 64.5 Å². The van der Waals surface area contributed by atoms with Gasteiger partial charge in [-0.2, -0.15) is 0 Å². The van der Waals surface area contributed by atoms with E-state index in [9.17, 15) is 9.59 Å². The summed E-state index contributed by atoms with van der Waals surface area (Å²) < 4.78 is 8.05. The van der Waals surface area contributed by atoms with Gasteiger partial charge in [-0.05, 0) is 67.0 Å². The van der Waals surface area contributed by atoms with Crippen LogP contribution in [-0.2, 0) is 11.3 Å². The Balaban J connectivity index is 1.63. The zero-order chi connectivity index (χ0) is 20.3. The monoisotopic (exact) mass is 444 g/mol. The van der Waals surface area contributed by atoms with Crippen LogP contribution in [0, 0.1) is 0 Å². The molecule has 0 fully saturated rings. The van der Waals surface area contributed by atoms with Crippen molar-refractivity contribution >= 4 is 39.3 Å². The van der Waals surface area contributed by atoms with Gasteiger partial charge in [0.15, 0.2) is 0 Å². The molecule has 0 saturated heterocycles. The van der Waals surface area contributed by atoms with Gasteiger partial charge in [-0.3, -0.25) is 10.1 Å². The highest BCUT2D eigenvalue weighted by atomic mass is 79.9. The van der Waals surface area contributed by atoms with E-state index in [2.05, 4.69) is 31.5 Å². The van der Waals surface area contributed by atoms with Crippen molar-refractivity contribution in [1.82, 2.24) is 14.7 Å². The van der Waals surface area contributed by atoms with E-state index >= 15 is 0 Å². The maximum atomic E-state index is 12.5. The van der Waals surface area contributed by atoms with Gasteiger partial charge >= 0.3 is 6.09 Å². The molecule has 8 heteroatoms. The predicted octanol–water partition coefficient (Wildman–Crippen LogP) is 4.37. The van der Waals surface area contributed by atoms with E-state index < -0.39 is 11.7 Å². The number of amides is 2. The highest BCUT2D eigenvalue weighted by Gasteiger charge is 2.16. The largest absolute Gasteiger partial charge is 0.444 e. The molecule has 0 unspecified atom stereocenters. The standard InChI is InChI=1S/C20H21BrN4O3/c1-20(2,3)28-19(27)24-15-6-4-5-13(9-15)18(26)22-10-16-12-25-11-14(21)7-8-17(25)23-16/h4-9,11-12H,10H2,1-3H3,(H,22,26)(H,24,27). The molecule has 0 bridgehead atoms. The summed E-state index contributed by atoms with van der Waals surface area (Å²) in [5, 5.41) is 5.47. The molecule has 28 heavy (non-hydrogen) atoms. The van der Waals surface area contributed by atoms with E-state index in [1.807, 2.05) is 28.9 Å². The molecule has 0 aliphatic heterocycles. The van der Waals surface area contributed by atoms with Crippen molar-refractivity contribution in [2.45, 2.75) is 32.9 Å². The fourth-order valence-corrected chi connectivity index (χ4v) is 2.89. The molecule has 0 saturated carbocycles. The van der Waals surface area contributed by atoms with Gasteiger partial charge < -0.3 is 14.5 Å². The summed E-state index contributed by atoms with van der Waals surface area (Å²) in [7, 11) is 0. The minimum absolute atomic E-state index is 0.258. The maximum absolute atomic E-state index is 12.5. The second-order valence-corrected chi connectivity index (χ2v) is 8.15. The molecule has 7 nitrogen and oxygen atoms in total. The van der Waals surface area contributed by atoms with Crippen LogP contribution in [0.3, 0.4) is 0 Å². The first-order chi connectivity index (χ1) is 13.2. The molecular formula is C20H21BrN4O3. The molecule has 2 N–H and O–H groups in total. The summed E-state index contributed by atoms with van der Waals surface area (Å²) in [4.78, 5) is 28.8. The summed E-state index contributed by atoms with van der Waals surface area (Å²) >= 11 is 3.42. The molecule has 0 radical (unpaired) electrons. The number of aromatic nitrogens is 2. The van der Waals surface area contributed by atoms with Crippen LogP contribution < -0.4 is 10.6 Å². The van der Waals surface area contributed by atoms with Gasteiger partial charge in [0.25, 0.3) is 5.91 Å². The third-order valence-corrected chi connectivity index (χ3v) is 4.13. The normalized spacial score (nSPS) is 11.3. The zero-order valence-electron chi connectivity index (χ0n) is 15.8. The summed E-state index contributed by atoms with van der Waals surface area (Å²) in [6.07, 6.45) is 3.20. The fraction of sp³-hybridized carbons (Fsp3) is 0.250. The number of benzene rings is 1. The summed E-state index contributed by atoms with van der Waals surface area (Å²) in [6.45, 7) is 5.65. The number of fused-ring (bicyclic) bond motifs is 1. The highest BCUT2D eigenvalue weighted by Crippen LogP contribution is 2.15. The number of nitrogens with one attached hydrogen (secondary N) is 2. The quantitative estimate of drug-likeness (QED) is 0.625. The lowest BCUT2D eigenvalue weighted by Crippen LogP contribution is -2.27. The maximum Gasteiger partial charge on any atom is 0.412 e. The smallest absolute Gasteiger partial charge is 0.412 e. The number of imidazole rings is 1. The topological polar surface area (TPSA) is 84.7 Å². The Hall–Kier alpha value is -2.87. The molecule has 146 valence electrons. The number of pyridine rings is 1. The fourth-order valence-electron chi connectivity index (χ4n) is 2.53. The van der Waals surface area contributed by atoms with Crippen LogP contribution in [0.15, 0.2) is 53.3 Å². The van der Waals surface area contributed by atoms with E-state index in [1.54, 1.807) is 45.0 Å². The van der Waals surface area contributed by atoms with Gasteiger partial charge in [-0.25, -0.2) is 9.78 Å². The van der Waals surface area contributed by atoms with Crippen molar-refractivity contribution < 1.29 is 14.3 Å². The minimum atomic E-state index is -0.594. The van der Waals surface area contributed by atoms with Crippen LogP contribution in [0.2, 0.25) is 0 Å². The average Bonchev–Trinajstić information content (AvgIpc) is 3.00. The molecule has 0 aliphatic rings. The highest BCUT2D eigenvalue weighted by molar-refractivity contribution is 9.10. The van der Waals surface area contributed by atoms with Crippen molar-refractivity contribution in [1.29, 1.82) is 0 Å². The summed E-state index contributed by atoms with van der Waals surface area (Å²) in [5.41, 5.74) is 1.87. The lowest BCUT2D eigenvalue weighted by atomic mass is 10.2. The van der Waals surface area contributed by atoms with Crippen LogP contribution in [0.4, 0.5) is 10.5 Å². The number of ether oxygens (including phenoxy) is 1. The number of halogens is 1. The zero-order valence-corrected chi connectivity index (χ0v) is 17.4. The van der Waals surface area contributed by atoms with Crippen molar-refractivity contribution in [3.63, 3.8) is 0 Å². The second kappa shape index (κ2) is 8.02. The number of hydrogen-bond acceptors (Lipinski definition) is 4. The lowest BCUT2D eigenvalue weighted by Gasteiger charge is -2.19. The molecule has 2 heterocycles. The molecule has 2 amide bonds. The Labute approximate surface area is 171 Å². The van der Waals surface area contributed by atoms with Crippen molar-refractivity contribution in [2.24, 2.45) is 0 Å². The molecule has 1 aromatic carbocycles. The number of nitrogens with zero attached hydrogens (tertiary/aromatic N) is 2. The molecule has 3 aromatic rings. The number of anilines is 1. The Bertz CT molecular complexity index is 1020. The van der Waals surface area contributed by atoms with E-state index in [4.69, 9.17) is 4.74 Å². The molecule has 0 aliphatic carbocycles. The number of carbonyl (C=O) groups excluding carboxylic acids is 2. The van der Waals surface area contributed by atoms with Gasteiger partial charge in [-0.1, -0.05) is 6.07 Å². The Morgan fingerprint density at radius 3 is 2.71 bits per heavy atom. The molecule has 3 rings (SSSR count). The van der Waals surface area contributed by atoms with E-state index in [0.29, 0.717) is 17.8 Å². The van der Waals surface area contributed by atoms with Crippen molar-refractivity contribution in [3.8, 4) is 0 Å². The first-order valence-electron chi connectivity index (χ1n) is 8.71. The average molecular weight is 445 g/mol. The Kier molecular flexibility index (Phi) is 5.69. The van der Waals surface area contributed by atoms with E-state index in [1.165, 1.54) is 0 Å². The predicted molar refractivity (Wildman–Crippen MR) is 110 cm³/mol. The van der Waals surface area contributed by atoms with Gasteiger partial charge in [0.1, 0.15) is 11.2 Å². The number of carbonyl (C=O) groups is 2. The van der Waals surface area contributed by atoms with Crippen LogP contribution in [0.1, 0.15) is 36.8 Å². The molecule has 2 aromatic heterocycles. The first-order valence-corrected chi connectivity index (χ1v) is 9.50. The van der Waals surface area contributed by atoms with Gasteiger partial charge in [-0.15, -0.1) is 0 Å². The summed E-state index contributed by atoms with van der Waals surface area (Å²) in [6, 6.07) is 10.5. The van der Waals surface area contributed by atoms with Crippen molar-refractivity contribution in [2.75, 3.05) is 5.32 Å². The Morgan fingerprint density at radius 2 is 1.96 bits per heavy atom.